The fraction of sp³-hybridized carbons (Fsp3) is 0.684. The van der Waals surface area contributed by atoms with E-state index in [1.54, 1.807) is 0 Å². The van der Waals surface area contributed by atoms with Gasteiger partial charge in [0.25, 0.3) is 0 Å². The Bertz CT molecular complexity index is 579. The lowest BCUT2D eigenvalue weighted by Crippen LogP contribution is -2.43. The lowest BCUT2D eigenvalue weighted by Gasteiger charge is -2.50. The number of phenolic OH excluding ortho intramolecular Hbond substituents is 1. The standard InChI is InChI=1S/C19H26O2/c1-11-9-15-12(10-17(11)20)3-4-14-13(15)7-8-19(2)16(14)5-6-18(19)21/h9-10,13-14,16,18,20-21H,3-8H2,1-2H3/t13?,14?,16?,18?,19-/m0/s1. The molecule has 3 aliphatic carbocycles. The summed E-state index contributed by atoms with van der Waals surface area (Å²) in [4.78, 5) is 0. The third-order valence-electron chi connectivity index (χ3n) is 6.99. The van der Waals surface area contributed by atoms with Gasteiger partial charge in [0, 0.05) is 0 Å². The molecule has 1 aromatic rings. The molecule has 2 saturated carbocycles. The number of aromatic hydroxyl groups is 1. The second kappa shape index (κ2) is 4.49. The molecule has 4 rings (SSSR count). The molecule has 0 heterocycles. The van der Waals surface area contributed by atoms with Gasteiger partial charge in [0.15, 0.2) is 0 Å². The van der Waals surface area contributed by atoms with E-state index in [4.69, 9.17) is 0 Å². The van der Waals surface area contributed by atoms with Crippen LogP contribution in [0.1, 0.15) is 61.6 Å². The van der Waals surface area contributed by atoms with Crippen molar-refractivity contribution in [3.63, 3.8) is 0 Å². The number of benzene rings is 1. The average Bonchev–Trinajstić information content (AvgIpc) is 2.76. The Kier molecular flexibility index (Phi) is 2.91. The minimum Gasteiger partial charge on any atom is -0.508 e. The maximum atomic E-state index is 10.4. The normalized spacial score (nSPS) is 41.3. The maximum Gasteiger partial charge on any atom is 0.118 e. The minimum atomic E-state index is -0.0913. The predicted molar refractivity (Wildman–Crippen MR) is 83.5 cm³/mol. The first-order chi connectivity index (χ1) is 10.0. The lowest BCUT2D eigenvalue weighted by atomic mass is 9.55. The molecule has 0 aromatic heterocycles. The average molecular weight is 286 g/mol. The second-order valence-electron chi connectivity index (χ2n) is 7.89. The van der Waals surface area contributed by atoms with Gasteiger partial charge >= 0.3 is 0 Å². The van der Waals surface area contributed by atoms with E-state index < -0.39 is 0 Å². The molecule has 3 aliphatic rings. The van der Waals surface area contributed by atoms with Crippen LogP contribution in [0, 0.1) is 24.2 Å². The van der Waals surface area contributed by atoms with Gasteiger partial charge in [-0.15, -0.1) is 0 Å². The first-order valence-electron chi connectivity index (χ1n) is 8.51. The van der Waals surface area contributed by atoms with Crippen LogP contribution in [0.2, 0.25) is 0 Å². The highest BCUT2D eigenvalue weighted by atomic mass is 16.3. The quantitative estimate of drug-likeness (QED) is 0.759. The van der Waals surface area contributed by atoms with Crippen LogP contribution >= 0.6 is 0 Å². The smallest absolute Gasteiger partial charge is 0.118 e. The lowest BCUT2D eigenvalue weighted by molar-refractivity contribution is -0.0226. The number of aliphatic hydroxyl groups excluding tert-OH is 1. The number of phenols is 1. The summed E-state index contributed by atoms with van der Waals surface area (Å²) in [5.74, 6) is 2.52. The molecule has 0 amide bonds. The third kappa shape index (κ3) is 1.81. The van der Waals surface area contributed by atoms with Crippen LogP contribution in [0.3, 0.4) is 0 Å². The zero-order chi connectivity index (χ0) is 14.8. The van der Waals surface area contributed by atoms with E-state index in [0.717, 1.165) is 30.7 Å². The number of aliphatic hydroxyl groups is 1. The molecule has 2 nitrogen and oxygen atoms in total. The number of hydrogen-bond donors (Lipinski definition) is 2. The van der Waals surface area contributed by atoms with Gasteiger partial charge < -0.3 is 10.2 Å². The Morgan fingerprint density at radius 2 is 1.95 bits per heavy atom. The molecule has 114 valence electrons. The third-order valence-corrected chi connectivity index (χ3v) is 6.99. The molecule has 0 spiro atoms. The molecule has 5 atom stereocenters. The summed E-state index contributed by atoms with van der Waals surface area (Å²) in [5, 5.41) is 20.4. The van der Waals surface area contributed by atoms with Crippen molar-refractivity contribution in [3.05, 3.63) is 28.8 Å². The van der Waals surface area contributed by atoms with Crippen molar-refractivity contribution in [3.8, 4) is 5.75 Å². The van der Waals surface area contributed by atoms with Crippen LogP contribution in [0.25, 0.3) is 0 Å². The van der Waals surface area contributed by atoms with E-state index in [0.29, 0.717) is 17.6 Å². The molecular formula is C19H26O2. The Balaban J connectivity index is 1.73. The van der Waals surface area contributed by atoms with E-state index in [9.17, 15) is 10.2 Å². The van der Waals surface area contributed by atoms with Crippen molar-refractivity contribution in [2.45, 2.75) is 64.4 Å². The van der Waals surface area contributed by atoms with E-state index in [-0.39, 0.29) is 11.5 Å². The monoisotopic (exact) mass is 286 g/mol. The van der Waals surface area contributed by atoms with E-state index in [1.807, 2.05) is 13.0 Å². The largest absolute Gasteiger partial charge is 0.508 e. The second-order valence-corrected chi connectivity index (χ2v) is 7.89. The topological polar surface area (TPSA) is 40.5 Å². The van der Waals surface area contributed by atoms with Crippen LogP contribution in [-0.4, -0.2) is 16.3 Å². The Morgan fingerprint density at radius 1 is 1.14 bits per heavy atom. The molecule has 1 aromatic carbocycles. The molecule has 21 heavy (non-hydrogen) atoms. The molecule has 0 aliphatic heterocycles. The molecule has 0 bridgehead atoms. The summed E-state index contributed by atoms with van der Waals surface area (Å²) in [6.45, 7) is 4.33. The Labute approximate surface area is 127 Å². The maximum absolute atomic E-state index is 10.4. The van der Waals surface area contributed by atoms with Crippen LogP contribution in [-0.2, 0) is 6.42 Å². The fourth-order valence-corrected chi connectivity index (χ4v) is 5.69. The van der Waals surface area contributed by atoms with Crippen molar-refractivity contribution >= 4 is 0 Å². The predicted octanol–water partition coefficient (Wildman–Crippen LogP) is 3.92. The summed E-state index contributed by atoms with van der Waals surface area (Å²) in [6, 6.07) is 4.23. The van der Waals surface area contributed by atoms with E-state index >= 15 is 0 Å². The van der Waals surface area contributed by atoms with Crippen molar-refractivity contribution in [2.75, 3.05) is 0 Å². The molecule has 2 N–H and O–H groups in total. The van der Waals surface area contributed by atoms with Crippen LogP contribution in [0.5, 0.6) is 5.75 Å². The van der Waals surface area contributed by atoms with Gasteiger partial charge in [-0.05, 0) is 91.4 Å². The zero-order valence-corrected chi connectivity index (χ0v) is 13.1. The summed E-state index contributed by atoms with van der Waals surface area (Å²) in [6.07, 6.45) is 6.77. The van der Waals surface area contributed by atoms with E-state index in [1.165, 1.54) is 30.4 Å². The Morgan fingerprint density at radius 3 is 2.76 bits per heavy atom. The highest BCUT2D eigenvalue weighted by molar-refractivity contribution is 5.45. The molecule has 4 unspecified atom stereocenters. The van der Waals surface area contributed by atoms with Gasteiger partial charge in [0.2, 0.25) is 0 Å². The Hall–Kier alpha value is -1.02. The molecule has 2 fully saturated rings. The van der Waals surface area contributed by atoms with Crippen LogP contribution < -0.4 is 0 Å². The van der Waals surface area contributed by atoms with Gasteiger partial charge in [-0.1, -0.05) is 13.0 Å². The van der Waals surface area contributed by atoms with Crippen molar-refractivity contribution in [1.82, 2.24) is 0 Å². The van der Waals surface area contributed by atoms with Crippen LogP contribution in [0.15, 0.2) is 12.1 Å². The zero-order valence-electron chi connectivity index (χ0n) is 13.1. The van der Waals surface area contributed by atoms with Crippen LogP contribution in [0.4, 0.5) is 0 Å². The molecule has 0 saturated heterocycles. The van der Waals surface area contributed by atoms with Gasteiger partial charge in [-0.2, -0.15) is 0 Å². The summed E-state index contributed by atoms with van der Waals surface area (Å²) in [7, 11) is 0. The van der Waals surface area contributed by atoms with Gasteiger partial charge in [-0.25, -0.2) is 0 Å². The van der Waals surface area contributed by atoms with Crippen molar-refractivity contribution in [1.29, 1.82) is 0 Å². The molecule has 0 radical (unpaired) electrons. The first kappa shape index (κ1) is 13.6. The highest BCUT2D eigenvalue weighted by Gasteiger charge is 2.54. The number of hydrogen-bond acceptors (Lipinski definition) is 2. The first-order valence-corrected chi connectivity index (χ1v) is 8.51. The molecule has 2 heteroatoms. The van der Waals surface area contributed by atoms with Gasteiger partial charge in [0.1, 0.15) is 5.75 Å². The number of aryl methyl sites for hydroxylation is 2. The number of rotatable bonds is 0. The van der Waals surface area contributed by atoms with Gasteiger partial charge in [0.05, 0.1) is 6.10 Å². The fourth-order valence-electron chi connectivity index (χ4n) is 5.69. The summed E-state index contributed by atoms with van der Waals surface area (Å²) < 4.78 is 0. The molecular weight excluding hydrogens is 260 g/mol. The minimum absolute atomic E-state index is 0.0913. The van der Waals surface area contributed by atoms with Crippen molar-refractivity contribution in [2.24, 2.45) is 17.3 Å². The summed E-state index contributed by atoms with van der Waals surface area (Å²) >= 11 is 0. The van der Waals surface area contributed by atoms with E-state index in [2.05, 4.69) is 13.0 Å². The number of fused-ring (bicyclic) bond motifs is 5. The summed E-state index contributed by atoms with van der Waals surface area (Å²) in [5.41, 5.74) is 4.02. The SMILES string of the molecule is Cc1cc2c(cc1O)CCC1C2CC[C@]2(C)C(O)CCC12. The van der Waals surface area contributed by atoms with Crippen molar-refractivity contribution < 1.29 is 10.2 Å². The highest BCUT2D eigenvalue weighted by Crippen LogP contribution is 2.61. The van der Waals surface area contributed by atoms with Gasteiger partial charge in [-0.3, -0.25) is 0 Å².